The number of hydrogen-bond donors (Lipinski definition) is 0. The monoisotopic (exact) mass is 563 g/mol. The molecule has 210 valence electrons. The van der Waals surface area contributed by atoms with Crippen LogP contribution < -0.4 is 4.90 Å². The van der Waals surface area contributed by atoms with E-state index in [1.54, 1.807) is 22.5 Å². The smallest absolute Gasteiger partial charge is 0.244 e. The van der Waals surface area contributed by atoms with Gasteiger partial charge in [-0.25, -0.2) is 22.5 Å². The van der Waals surface area contributed by atoms with Gasteiger partial charge in [-0.3, -0.25) is 0 Å². The number of hydrogen-bond acceptors (Lipinski definition) is 6. The molecule has 3 aromatic rings. The van der Waals surface area contributed by atoms with E-state index in [-0.39, 0.29) is 10.7 Å². The van der Waals surface area contributed by atoms with Crippen molar-refractivity contribution in [2.24, 2.45) is 11.3 Å². The van der Waals surface area contributed by atoms with Crippen molar-refractivity contribution in [1.29, 1.82) is 0 Å². The Bertz CT molecular complexity index is 1530. The van der Waals surface area contributed by atoms with Gasteiger partial charge in [-0.2, -0.15) is 9.40 Å². The van der Waals surface area contributed by atoms with Crippen LogP contribution in [0.2, 0.25) is 0 Å². The van der Waals surface area contributed by atoms with Gasteiger partial charge in [0.1, 0.15) is 16.5 Å². The van der Waals surface area contributed by atoms with E-state index in [1.807, 2.05) is 16.9 Å². The molecular formula is C30H34FN5O3S. The summed E-state index contributed by atoms with van der Waals surface area (Å²) in [4.78, 5) is 6.95. The van der Waals surface area contributed by atoms with E-state index in [9.17, 15) is 12.8 Å². The Morgan fingerprint density at radius 2 is 1.82 bits per heavy atom. The summed E-state index contributed by atoms with van der Waals surface area (Å²) in [6, 6.07) is 9.85. The first-order valence-corrected chi connectivity index (χ1v) is 15.7. The average molecular weight is 564 g/mol. The molecule has 1 saturated carbocycles. The quantitative estimate of drug-likeness (QED) is 0.403. The van der Waals surface area contributed by atoms with Crippen molar-refractivity contribution in [3.05, 3.63) is 71.4 Å². The Balaban J connectivity index is 1.18. The number of benzene rings is 1. The highest BCUT2D eigenvalue weighted by Crippen LogP contribution is 2.46. The van der Waals surface area contributed by atoms with E-state index in [2.05, 4.69) is 21.1 Å². The fourth-order valence-electron chi connectivity index (χ4n) is 6.33. The number of aromatic nitrogens is 3. The zero-order valence-electron chi connectivity index (χ0n) is 22.5. The summed E-state index contributed by atoms with van der Waals surface area (Å²) in [5.41, 5.74) is 3.53. The van der Waals surface area contributed by atoms with Crippen molar-refractivity contribution in [3.8, 4) is 5.69 Å². The minimum atomic E-state index is -3.73. The second-order valence-electron chi connectivity index (χ2n) is 11.7. The summed E-state index contributed by atoms with van der Waals surface area (Å²) in [6.07, 6.45) is 11.4. The topological polar surface area (TPSA) is 80.6 Å². The summed E-state index contributed by atoms with van der Waals surface area (Å²) >= 11 is 0. The van der Waals surface area contributed by atoms with Gasteiger partial charge in [-0.15, -0.1) is 0 Å². The van der Waals surface area contributed by atoms with Crippen LogP contribution in [0.15, 0.2) is 59.3 Å². The Labute approximate surface area is 234 Å². The molecule has 2 aliphatic heterocycles. The average Bonchev–Trinajstić information content (AvgIpc) is 3.45. The van der Waals surface area contributed by atoms with Crippen LogP contribution in [0.5, 0.6) is 0 Å². The molecule has 7 rings (SSSR count). The van der Waals surface area contributed by atoms with Crippen molar-refractivity contribution in [3.63, 3.8) is 0 Å². The molecule has 40 heavy (non-hydrogen) atoms. The molecule has 8 nitrogen and oxygen atoms in total. The molecule has 3 fully saturated rings. The lowest BCUT2D eigenvalue weighted by molar-refractivity contribution is 0.0358. The lowest BCUT2D eigenvalue weighted by atomic mass is 9.69. The zero-order valence-corrected chi connectivity index (χ0v) is 23.3. The van der Waals surface area contributed by atoms with E-state index in [1.165, 1.54) is 36.7 Å². The van der Waals surface area contributed by atoms with E-state index in [0.717, 1.165) is 48.7 Å². The molecule has 0 radical (unpaired) electrons. The maximum Gasteiger partial charge on any atom is 0.244 e. The predicted octanol–water partition coefficient (Wildman–Crippen LogP) is 4.45. The minimum Gasteiger partial charge on any atom is -0.380 e. The highest BCUT2D eigenvalue weighted by molar-refractivity contribution is 7.89. The normalized spacial score (nSPS) is 23.1. The second-order valence-corrected chi connectivity index (χ2v) is 13.6. The van der Waals surface area contributed by atoms with Gasteiger partial charge in [0, 0.05) is 44.4 Å². The molecule has 1 aromatic carbocycles. The molecule has 2 aromatic heterocycles. The van der Waals surface area contributed by atoms with Gasteiger partial charge in [0.05, 0.1) is 24.2 Å². The van der Waals surface area contributed by atoms with Crippen LogP contribution in [0.4, 0.5) is 10.2 Å². The molecule has 4 aliphatic rings. The van der Waals surface area contributed by atoms with E-state index >= 15 is 0 Å². The summed E-state index contributed by atoms with van der Waals surface area (Å²) in [5, 5.41) is 4.63. The first-order chi connectivity index (χ1) is 19.4. The molecular weight excluding hydrogens is 529 g/mol. The van der Waals surface area contributed by atoms with Gasteiger partial charge in [0.2, 0.25) is 10.0 Å². The lowest BCUT2D eigenvalue weighted by Crippen LogP contribution is -2.51. The number of ether oxygens (including phenoxy) is 1. The third-order valence-electron chi connectivity index (χ3n) is 8.81. The van der Waals surface area contributed by atoms with E-state index in [0.29, 0.717) is 45.1 Å². The minimum absolute atomic E-state index is 0.234. The fourth-order valence-corrected chi connectivity index (χ4v) is 7.80. The van der Waals surface area contributed by atoms with Crippen molar-refractivity contribution in [1.82, 2.24) is 19.1 Å². The highest BCUT2D eigenvalue weighted by Gasteiger charge is 2.46. The zero-order chi connectivity index (χ0) is 27.3. The van der Waals surface area contributed by atoms with Gasteiger partial charge < -0.3 is 9.64 Å². The summed E-state index contributed by atoms with van der Waals surface area (Å²) in [5.74, 6) is 1.17. The van der Waals surface area contributed by atoms with Gasteiger partial charge in [0.25, 0.3) is 0 Å². The Kier molecular flexibility index (Phi) is 6.52. The third-order valence-corrected chi connectivity index (χ3v) is 10.6. The number of halogens is 1. The van der Waals surface area contributed by atoms with Gasteiger partial charge in [0.15, 0.2) is 0 Å². The number of piperidine rings is 1. The maximum atomic E-state index is 13.9. The third kappa shape index (κ3) is 4.76. The van der Waals surface area contributed by atoms with E-state index in [4.69, 9.17) is 4.74 Å². The number of anilines is 1. The van der Waals surface area contributed by atoms with Crippen molar-refractivity contribution >= 4 is 21.9 Å². The van der Waals surface area contributed by atoms with Crippen molar-refractivity contribution < 1.29 is 17.5 Å². The molecule has 10 heteroatoms. The Morgan fingerprint density at radius 1 is 1.02 bits per heavy atom. The molecule has 2 saturated heterocycles. The van der Waals surface area contributed by atoms with Crippen LogP contribution >= 0.6 is 0 Å². The van der Waals surface area contributed by atoms with E-state index < -0.39 is 15.4 Å². The van der Waals surface area contributed by atoms with Crippen molar-refractivity contribution in [2.45, 2.75) is 43.4 Å². The molecule has 0 spiro atoms. The first-order valence-electron chi connectivity index (χ1n) is 14.2. The van der Waals surface area contributed by atoms with Crippen LogP contribution in [0.3, 0.4) is 0 Å². The first kappa shape index (κ1) is 25.9. The molecule has 4 heterocycles. The molecule has 0 unspecified atom stereocenters. The van der Waals surface area contributed by atoms with Gasteiger partial charge in [-0.1, -0.05) is 5.57 Å². The van der Waals surface area contributed by atoms with Crippen LogP contribution in [-0.4, -0.2) is 66.9 Å². The lowest BCUT2D eigenvalue weighted by Gasteiger charge is -2.45. The molecule has 1 atom stereocenters. The Morgan fingerprint density at radius 3 is 2.55 bits per heavy atom. The van der Waals surface area contributed by atoms with Crippen LogP contribution in [0.1, 0.15) is 43.4 Å². The standard InChI is InChI=1S/C30H34FN5O3S/c31-25-5-7-26(8-6-25)36-28-15-24-11-14-35(20-30(24,16-23(28)17-33-36)21-39-19-22-3-4-22)40(37,38)27-9-10-29(32-18-27)34-12-1-2-13-34/h5-10,15,17-18,22H,1-4,11-14,16,19-21H2/t30-/m1/s1. The Hall–Kier alpha value is -3.08. The molecule has 0 amide bonds. The molecule has 2 aliphatic carbocycles. The SMILES string of the molecule is O=S(=O)(c1ccc(N2CCCC2)nc1)N1CCC2=Cc3c(cnn3-c3ccc(F)cc3)C[C@]2(COCC2CC2)C1. The number of fused-ring (bicyclic) bond motifs is 2. The highest BCUT2D eigenvalue weighted by atomic mass is 32.2. The summed E-state index contributed by atoms with van der Waals surface area (Å²) < 4.78 is 51.0. The fraction of sp³-hybridized carbons (Fsp3) is 0.467. The summed E-state index contributed by atoms with van der Waals surface area (Å²) in [6.45, 7) is 3.85. The van der Waals surface area contributed by atoms with Gasteiger partial charge >= 0.3 is 0 Å². The number of rotatable bonds is 8. The van der Waals surface area contributed by atoms with Crippen molar-refractivity contribution in [2.75, 3.05) is 44.3 Å². The van der Waals surface area contributed by atoms with Gasteiger partial charge in [-0.05, 0) is 92.5 Å². The second kappa shape index (κ2) is 10.1. The molecule has 0 N–H and O–H groups in total. The van der Waals surface area contributed by atoms with Crippen LogP contribution in [0, 0.1) is 17.2 Å². The number of nitrogens with zero attached hydrogens (tertiary/aromatic N) is 5. The van der Waals surface area contributed by atoms with Crippen LogP contribution in [-0.2, 0) is 21.2 Å². The van der Waals surface area contributed by atoms with Crippen LogP contribution in [0.25, 0.3) is 11.8 Å². The predicted molar refractivity (Wildman–Crippen MR) is 150 cm³/mol. The summed E-state index contributed by atoms with van der Waals surface area (Å²) in [7, 11) is -3.73. The molecule has 0 bridgehead atoms. The number of pyridine rings is 1. The maximum absolute atomic E-state index is 13.9. The largest absolute Gasteiger partial charge is 0.380 e. The number of sulfonamides is 1.